The summed E-state index contributed by atoms with van der Waals surface area (Å²) in [4.78, 5) is 0. The van der Waals surface area contributed by atoms with E-state index in [1.54, 1.807) is 0 Å². The van der Waals surface area contributed by atoms with Crippen LogP contribution in [0.1, 0.15) is 39.0 Å². The maximum Gasteiger partial charge on any atom is 0.0471 e. The minimum Gasteiger partial charge on any atom is -0.396 e. The predicted molar refractivity (Wildman–Crippen MR) is 57.1 cm³/mol. The van der Waals surface area contributed by atoms with Gasteiger partial charge in [0, 0.05) is 25.9 Å². The molecule has 0 radical (unpaired) electrons. The third-order valence-corrected chi connectivity index (χ3v) is 3.54. The molecule has 0 bridgehead atoms. The second-order valence-electron chi connectivity index (χ2n) is 4.32. The minimum absolute atomic E-state index is 0.125. The molecule has 3 nitrogen and oxygen atoms in total. The Kier molecular flexibility index (Phi) is 4.85. The molecule has 2 atom stereocenters. The van der Waals surface area contributed by atoms with Crippen molar-refractivity contribution in [2.24, 2.45) is 11.1 Å². The van der Waals surface area contributed by atoms with E-state index in [2.05, 4.69) is 6.92 Å². The monoisotopic (exact) mass is 201 g/mol. The summed E-state index contributed by atoms with van der Waals surface area (Å²) in [6.45, 7) is 4.01. The van der Waals surface area contributed by atoms with Gasteiger partial charge in [0.1, 0.15) is 0 Å². The molecule has 1 aliphatic rings. The van der Waals surface area contributed by atoms with Crippen LogP contribution < -0.4 is 5.73 Å². The van der Waals surface area contributed by atoms with Crippen LogP contribution in [0.15, 0.2) is 0 Å². The fourth-order valence-electron chi connectivity index (χ4n) is 2.49. The van der Waals surface area contributed by atoms with Crippen LogP contribution in [-0.4, -0.2) is 31.0 Å². The number of rotatable bonds is 4. The molecule has 1 rings (SSSR count). The lowest BCUT2D eigenvalue weighted by atomic mass is 9.71. The van der Waals surface area contributed by atoms with Crippen LogP contribution in [-0.2, 0) is 4.74 Å². The molecule has 1 saturated heterocycles. The van der Waals surface area contributed by atoms with Crippen LogP contribution in [0.3, 0.4) is 0 Å². The SMILES string of the molecule is CCC(N)C1(CCO)CCCOCC1. The van der Waals surface area contributed by atoms with Gasteiger partial charge in [-0.25, -0.2) is 0 Å². The van der Waals surface area contributed by atoms with E-state index in [0.717, 1.165) is 45.3 Å². The first-order chi connectivity index (χ1) is 6.75. The molecule has 0 saturated carbocycles. The van der Waals surface area contributed by atoms with Gasteiger partial charge in [-0.1, -0.05) is 6.92 Å². The number of aliphatic hydroxyl groups is 1. The Morgan fingerprint density at radius 3 is 2.86 bits per heavy atom. The molecule has 1 heterocycles. The third-order valence-electron chi connectivity index (χ3n) is 3.54. The van der Waals surface area contributed by atoms with E-state index < -0.39 is 0 Å². The zero-order valence-corrected chi connectivity index (χ0v) is 9.17. The van der Waals surface area contributed by atoms with Gasteiger partial charge in [-0.2, -0.15) is 0 Å². The summed E-state index contributed by atoms with van der Waals surface area (Å²) in [5, 5.41) is 9.12. The first-order valence-electron chi connectivity index (χ1n) is 5.69. The smallest absolute Gasteiger partial charge is 0.0471 e. The van der Waals surface area contributed by atoms with Crippen molar-refractivity contribution in [3.63, 3.8) is 0 Å². The highest BCUT2D eigenvalue weighted by Gasteiger charge is 2.35. The summed E-state index contributed by atoms with van der Waals surface area (Å²) in [6.07, 6.45) is 4.99. The first-order valence-corrected chi connectivity index (χ1v) is 5.69. The molecular weight excluding hydrogens is 178 g/mol. The molecule has 0 aromatic heterocycles. The van der Waals surface area contributed by atoms with Crippen LogP contribution in [0.4, 0.5) is 0 Å². The first kappa shape index (κ1) is 12.0. The topological polar surface area (TPSA) is 55.5 Å². The van der Waals surface area contributed by atoms with Gasteiger partial charge >= 0.3 is 0 Å². The van der Waals surface area contributed by atoms with E-state index >= 15 is 0 Å². The molecular formula is C11H23NO2. The normalized spacial score (nSPS) is 31.1. The Labute approximate surface area is 86.6 Å². The highest BCUT2D eigenvalue weighted by atomic mass is 16.5. The van der Waals surface area contributed by atoms with Gasteiger partial charge in [0.05, 0.1) is 0 Å². The third kappa shape index (κ3) is 2.69. The van der Waals surface area contributed by atoms with Crippen molar-refractivity contribution >= 4 is 0 Å². The van der Waals surface area contributed by atoms with E-state index in [1.165, 1.54) is 0 Å². The molecule has 3 N–H and O–H groups in total. The summed E-state index contributed by atoms with van der Waals surface area (Å²) in [7, 11) is 0. The molecule has 0 spiro atoms. The van der Waals surface area contributed by atoms with E-state index in [9.17, 15) is 0 Å². The molecule has 0 amide bonds. The van der Waals surface area contributed by atoms with Gasteiger partial charge in [-0.3, -0.25) is 0 Å². The Balaban J connectivity index is 2.66. The predicted octanol–water partition coefficient (Wildman–Crippen LogP) is 1.29. The number of hydrogen-bond donors (Lipinski definition) is 2. The average molecular weight is 201 g/mol. The summed E-state index contributed by atoms with van der Waals surface area (Å²) >= 11 is 0. The molecule has 0 aromatic rings. The van der Waals surface area contributed by atoms with Gasteiger partial charge < -0.3 is 15.6 Å². The Hall–Kier alpha value is -0.120. The molecule has 1 aliphatic heterocycles. The second-order valence-corrected chi connectivity index (χ2v) is 4.32. The fourth-order valence-corrected chi connectivity index (χ4v) is 2.49. The molecule has 0 aromatic carbocycles. The number of aliphatic hydroxyl groups excluding tert-OH is 1. The van der Waals surface area contributed by atoms with Gasteiger partial charge in [-0.05, 0) is 37.5 Å². The summed E-state index contributed by atoms with van der Waals surface area (Å²) in [5.41, 5.74) is 6.30. The van der Waals surface area contributed by atoms with Gasteiger partial charge in [-0.15, -0.1) is 0 Å². The Morgan fingerprint density at radius 2 is 2.21 bits per heavy atom. The quantitative estimate of drug-likeness (QED) is 0.720. The molecule has 14 heavy (non-hydrogen) atoms. The number of nitrogens with two attached hydrogens (primary N) is 1. The zero-order chi connectivity index (χ0) is 10.4. The number of hydrogen-bond acceptors (Lipinski definition) is 3. The van der Waals surface area contributed by atoms with Crippen LogP contribution in [0.25, 0.3) is 0 Å². The lowest BCUT2D eigenvalue weighted by Crippen LogP contribution is -2.42. The van der Waals surface area contributed by atoms with Crippen molar-refractivity contribution in [2.45, 2.75) is 45.1 Å². The maximum absolute atomic E-state index is 9.12. The van der Waals surface area contributed by atoms with Crippen molar-refractivity contribution in [1.82, 2.24) is 0 Å². The lowest BCUT2D eigenvalue weighted by molar-refractivity contribution is 0.0991. The second kappa shape index (κ2) is 5.69. The van der Waals surface area contributed by atoms with Crippen molar-refractivity contribution in [3.05, 3.63) is 0 Å². The van der Waals surface area contributed by atoms with Crippen LogP contribution in [0.2, 0.25) is 0 Å². The highest BCUT2D eigenvalue weighted by molar-refractivity contribution is 4.89. The van der Waals surface area contributed by atoms with Crippen molar-refractivity contribution in [1.29, 1.82) is 0 Å². The van der Waals surface area contributed by atoms with Gasteiger partial charge in [0.15, 0.2) is 0 Å². The molecule has 84 valence electrons. The van der Waals surface area contributed by atoms with Crippen molar-refractivity contribution in [3.8, 4) is 0 Å². The highest BCUT2D eigenvalue weighted by Crippen LogP contribution is 2.37. The van der Waals surface area contributed by atoms with Crippen LogP contribution in [0.5, 0.6) is 0 Å². The molecule has 0 aliphatic carbocycles. The number of ether oxygens (including phenoxy) is 1. The molecule has 3 heteroatoms. The van der Waals surface area contributed by atoms with Crippen LogP contribution in [0, 0.1) is 5.41 Å². The molecule has 1 fully saturated rings. The maximum atomic E-state index is 9.12. The van der Waals surface area contributed by atoms with E-state index in [4.69, 9.17) is 15.6 Å². The van der Waals surface area contributed by atoms with Gasteiger partial charge in [0.2, 0.25) is 0 Å². The van der Waals surface area contributed by atoms with E-state index in [0.29, 0.717) is 0 Å². The fraction of sp³-hybridized carbons (Fsp3) is 1.00. The Morgan fingerprint density at radius 1 is 1.43 bits per heavy atom. The van der Waals surface area contributed by atoms with Gasteiger partial charge in [0.25, 0.3) is 0 Å². The summed E-state index contributed by atoms with van der Waals surface area (Å²) in [5.74, 6) is 0. The molecule has 2 unspecified atom stereocenters. The standard InChI is InChI=1S/C11H23NO2/c1-2-10(12)11(5-7-13)4-3-8-14-9-6-11/h10,13H,2-9,12H2,1H3. The Bertz CT molecular complexity index is 153. The summed E-state index contributed by atoms with van der Waals surface area (Å²) < 4.78 is 5.45. The van der Waals surface area contributed by atoms with Crippen molar-refractivity contribution in [2.75, 3.05) is 19.8 Å². The minimum atomic E-state index is 0.125. The largest absolute Gasteiger partial charge is 0.396 e. The van der Waals surface area contributed by atoms with Crippen LogP contribution >= 0.6 is 0 Å². The van der Waals surface area contributed by atoms with E-state index in [1.807, 2.05) is 0 Å². The van der Waals surface area contributed by atoms with Crippen molar-refractivity contribution < 1.29 is 9.84 Å². The lowest BCUT2D eigenvalue weighted by Gasteiger charge is -2.37. The summed E-state index contributed by atoms with van der Waals surface area (Å²) in [6, 6.07) is 0.205. The average Bonchev–Trinajstić information content (AvgIpc) is 2.44. The van der Waals surface area contributed by atoms with E-state index in [-0.39, 0.29) is 18.1 Å². The zero-order valence-electron chi connectivity index (χ0n) is 9.17.